The second-order valence-electron chi connectivity index (χ2n) is 3.35. The molecule has 0 aliphatic heterocycles. The van der Waals surface area contributed by atoms with Gasteiger partial charge in [0, 0.05) is 10.7 Å². The molecule has 0 atom stereocenters. The summed E-state index contributed by atoms with van der Waals surface area (Å²) >= 11 is 0. The van der Waals surface area contributed by atoms with Gasteiger partial charge < -0.3 is 0 Å². The molecule has 0 bridgehead atoms. The van der Waals surface area contributed by atoms with Crippen molar-refractivity contribution in [3.8, 4) is 0 Å². The van der Waals surface area contributed by atoms with Crippen LogP contribution in [-0.2, 0) is 18.9 Å². The Morgan fingerprint density at radius 3 is 2.06 bits per heavy atom. The van der Waals surface area contributed by atoms with E-state index in [1.807, 2.05) is 0 Å². The van der Waals surface area contributed by atoms with Crippen LogP contribution in [0, 0.1) is 0 Å². The molecule has 0 fully saturated rings. The van der Waals surface area contributed by atoms with Crippen LogP contribution in [0.2, 0.25) is 0 Å². The quantitative estimate of drug-likeness (QED) is 0.778. The summed E-state index contributed by atoms with van der Waals surface area (Å²) in [6.07, 6.45) is 0. The van der Waals surface area contributed by atoms with Crippen LogP contribution in [-0.4, -0.2) is 27.1 Å². The molecule has 1 rings (SSSR count). The molecule has 1 heterocycles. The van der Waals surface area contributed by atoms with Crippen molar-refractivity contribution in [2.75, 3.05) is 0 Å². The molecule has 5 nitrogen and oxygen atoms in total. The average Bonchev–Trinajstić information content (AvgIpc) is 2.16. The lowest BCUT2D eigenvalue weighted by atomic mass is 10.5. The van der Waals surface area contributed by atoms with Gasteiger partial charge in [0.15, 0.2) is 19.9 Å². The van der Waals surface area contributed by atoms with Gasteiger partial charge in [-0.25, -0.2) is 21.8 Å². The van der Waals surface area contributed by atoms with E-state index in [1.165, 1.54) is 26.0 Å². The first kappa shape index (κ1) is 13.4. The van der Waals surface area contributed by atoms with Gasteiger partial charge in [0.05, 0.1) is 5.25 Å². The molecule has 0 amide bonds. The normalized spacial score (nSPS) is 13.0. The van der Waals surface area contributed by atoms with Gasteiger partial charge in [-0.2, -0.15) is 0 Å². The maximum absolute atomic E-state index is 11.7. The van der Waals surface area contributed by atoms with E-state index in [9.17, 15) is 16.8 Å². The molecular formula is C8H10ClNO4S2. The van der Waals surface area contributed by atoms with Crippen LogP contribution in [0.4, 0.5) is 0 Å². The Bertz CT molecular complexity index is 592. The molecule has 90 valence electrons. The Morgan fingerprint density at radius 2 is 1.62 bits per heavy atom. The summed E-state index contributed by atoms with van der Waals surface area (Å²) < 4.78 is 45.4. The lowest BCUT2D eigenvalue weighted by Crippen LogP contribution is -2.16. The predicted molar refractivity (Wildman–Crippen MR) is 59.6 cm³/mol. The third-order valence-electron chi connectivity index (χ3n) is 1.86. The van der Waals surface area contributed by atoms with Gasteiger partial charge in [-0.05, 0) is 26.0 Å². The Kier molecular flexibility index (Phi) is 3.61. The molecule has 0 N–H and O–H groups in total. The van der Waals surface area contributed by atoms with Gasteiger partial charge in [0.25, 0.3) is 9.05 Å². The first-order valence-corrected chi connectivity index (χ1v) is 8.17. The monoisotopic (exact) mass is 283 g/mol. The van der Waals surface area contributed by atoms with E-state index in [2.05, 4.69) is 4.98 Å². The van der Waals surface area contributed by atoms with Gasteiger partial charge in [-0.15, -0.1) is 0 Å². The van der Waals surface area contributed by atoms with Crippen LogP contribution in [0.3, 0.4) is 0 Å². The largest absolute Gasteiger partial charge is 0.278 e. The predicted octanol–water partition coefficient (Wildman–Crippen LogP) is 1.19. The van der Waals surface area contributed by atoms with Crippen molar-refractivity contribution in [3.05, 3.63) is 18.2 Å². The molecule has 0 radical (unpaired) electrons. The molecule has 0 saturated carbocycles. The van der Waals surface area contributed by atoms with Gasteiger partial charge in [-0.3, -0.25) is 0 Å². The summed E-state index contributed by atoms with van der Waals surface area (Å²) in [4.78, 5) is 3.53. The number of rotatable bonds is 3. The Labute approximate surface area is 98.8 Å². The van der Waals surface area contributed by atoms with Gasteiger partial charge in [0.2, 0.25) is 0 Å². The first-order chi connectivity index (χ1) is 7.15. The fourth-order valence-corrected chi connectivity index (χ4v) is 2.67. The number of hydrogen-bond donors (Lipinski definition) is 0. The van der Waals surface area contributed by atoms with E-state index in [0.29, 0.717) is 0 Å². The highest BCUT2D eigenvalue weighted by Gasteiger charge is 2.23. The summed E-state index contributed by atoms with van der Waals surface area (Å²) in [5.74, 6) is 0. The van der Waals surface area contributed by atoms with Crippen LogP contribution in [0.5, 0.6) is 0 Å². The molecule has 0 aliphatic rings. The number of sulfone groups is 1. The molecule has 0 aliphatic carbocycles. The van der Waals surface area contributed by atoms with Crippen molar-refractivity contribution in [2.45, 2.75) is 29.1 Å². The van der Waals surface area contributed by atoms with Gasteiger partial charge in [-0.1, -0.05) is 6.07 Å². The van der Waals surface area contributed by atoms with Crippen molar-refractivity contribution >= 4 is 29.6 Å². The third kappa shape index (κ3) is 2.72. The summed E-state index contributed by atoms with van der Waals surface area (Å²) in [6.45, 7) is 2.97. The highest BCUT2D eigenvalue weighted by atomic mass is 35.7. The fraction of sp³-hybridized carbons (Fsp3) is 0.375. The van der Waals surface area contributed by atoms with Crippen molar-refractivity contribution in [3.63, 3.8) is 0 Å². The summed E-state index contributed by atoms with van der Waals surface area (Å²) in [5, 5.41) is -1.42. The average molecular weight is 284 g/mol. The van der Waals surface area contributed by atoms with E-state index < -0.39 is 29.2 Å². The number of hydrogen-bond acceptors (Lipinski definition) is 5. The second kappa shape index (κ2) is 4.31. The second-order valence-corrected chi connectivity index (χ2v) is 8.31. The van der Waals surface area contributed by atoms with Crippen molar-refractivity contribution in [1.82, 2.24) is 4.98 Å². The van der Waals surface area contributed by atoms with E-state index in [4.69, 9.17) is 10.7 Å². The van der Waals surface area contributed by atoms with E-state index in [-0.39, 0.29) is 5.03 Å². The van der Waals surface area contributed by atoms with Crippen LogP contribution in [0.25, 0.3) is 0 Å². The topological polar surface area (TPSA) is 81.2 Å². The Hall–Kier alpha value is -0.660. The zero-order valence-electron chi connectivity index (χ0n) is 8.58. The van der Waals surface area contributed by atoms with Crippen LogP contribution >= 0.6 is 10.7 Å². The number of nitrogens with zero attached hydrogens (tertiary/aromatic N) is 1. The van der Waals surface area contributed by atoms with Crippen molar-refractivity contribution in [1.29, 1.82) is 0 Å². The molecule has 1 aromatic heterocycles. The number of aromatic nitrogens is 1. The summed E-state index contributed by atoms with van der Waals surface area (Å²) in [6, 6.07) is 3.67. The zero-order chi connectivity index (χ0) is 12.6. The van der Waals surface area contributed by atoms with Gasteiger partial charge in [0.1, 0.15) is 0 Å². The van der Waals surface area contributed by atoms with E-state index >= 15 is 0 Å². The maximum atomic E-state index is 11.7. The van der Waals surface area contributed by atoms with Crippen LogP contribution in [0.15, 0.2) is 28.3 Å². The molecule has 16 heavy (non-hydrogen) atoms. The summed E-state index contributed by atoms with van der Waals surface area (Å²) in [5.41, 5.74) is 0. The first-order valence-electron chi connectivity index (χ1n) is 4.31. The third-order valence-corrected chi connectivity index (χ3v) is 5.11. The molecule has 8 heteroatoms. The minimum atomic E-state index is -4.01. The Balaban J connectivity index is 3.41. The Morgan fingerprint density at radius 1 is 1.12 bits per heavy atom. The number of pyridine rings is 1. The number of halogens is 1. The van der Waals surface area contributed by atoms with Crippen LogP contribution < -0.4 is 0 Å². The smallest absolute Gasteiger partial charge is 0.223 e. The lowest BCUT2D eigenvalue weighted by molar-refractivity contribution is 0.581. The fourth-order valence-electron chi connectivity index (χ4n) is 0.932. The molecular weight excluding hydrogens is 274 g/mol. The van der Waals surface area contributed by atoms with Crippen LogP contribution in [0.1, 0.15) is 13.8 Å². The van der Waals surface area contributed by atoms with Crippen molar-refractivity contribution < 1.29 is 16.8 Å². The standard InChI is InChI=1S/C8H10ClNO4S2/c1-6(2)15(11,12)7-4-3-5-8(10-7)16(9,13)14/h3-6H,1-2H3. The molecule has 0 saturated heterocycles. The molecule has 0 aromatic carbocycles. The highest BCUT2D eigenvalue weighted by Crippen LogP contribution is 2.17. The lowest BCUT2D eigenvalue weighted by Gasteiger charge is -2.07. The maximum Gasteiger partial charge on any atom is 0.278 e. The van der Waals surface area contributed by atoms with Crippen molar-refractivity contribution in [2.24, 2.45) is 0 Å². The SMILES string of the molecule is CC(C)S(=O)(=O)c1cccc(S(=O)(=O)Cl)n1. The molecule has 0 spiro atoms. The zero-order valence-corrected chi connectivity index (χ0v) is 11.0. The molecule has 0 unspecified atom stereocenters. The summed E-state index contributed by atoms with van der Waals surface area (Å²) in [7, 11) is -2.53. The van der Waals surface area contributed by atoms with E-state index in [1.54, 1.807) is 0 Å². The molecule has 1 aromatic rings. The minimum absolute atomic E-state index is 0.288. The van der Waals surface area contributed by atoms with Gasteiger partial charge >= 0.3 is 0 Å². The minimum Gasteiger partial charge on any atom is -0.223 e. The van der Waals surface area contributed by atoms with E-state index in [0.717, 1.165) is 6.07 Å². The highest BCUT2D eigenvalue weighted by molar-refractivity contribution is 8.13.